The van der Waals surface area contributed by atoms with Gasteiger partial charge in [0.05, 0.1) is 6.54 Å². The van der Waals surface area contributed by atoms with Gasteiger partial charge >= 0.3 is 12.0 Å². The molecule has 7 heteroatoms. The zero-order chi connectivity index (χ0) is 14.1. The van der Waals surface area contributed by atoms with Gasteiger partial charge in [0.1, 0.15) is 12.4 Å². The molecule has 0 unspecified atom stereocenters. The van der Waals surface area contributed by atoms with E-state index in [2.05, 4.69) is 21.2 Å². The highest BCUT2D eigenvalue weighted by Crippen LogP contribution is 1.94. The van der Waals surface area contributed by atoms with Crippen LogP contribution in [-0.4, -0.2) is 51.6 Å². The van der Waals surface area contributed by atoms with Crippen molar-refractivity contribution in [1.82, 2.24) is 20.2 Å². The summed E-state index contributed by atoms with van der Waals surface area (Å²) in [6, 6.07) is -0.472. The number of aliphatic carboxylic acids is 1. The Hall–Kier alpha value is -2.49. The molecule has 0 aliphatic heterocycles. The van der Waals surface area contributed by atoms with Gasteiger partial charge in [0.15, 0.2) is 0 Å². The summed E-state index contributed by atoms with van der Waals surface area (Å²) in [6.07, 6.45) is 9.89. The molecule has 0 atom stereocenters. The highest BCUT2D eigenvalue weighted by atomic mass is 16.4. The van der Waals surface area contributed by atoms with Crippen LogP contribution in [0.15, 0.2) is 12.4 Å². The number of hydrogen-bond acceptors (Lipinski definition) is 3. The lowest BCUT2D eigenvalue weighted by Crippen LogP contribution is -2.43. The fourth-order valence-corrected chi connectivity index (χ4v) is 1.47. The van der Waals surface area contributed by atoms with E-state index in [0.29, 0.717) is 19.4 Å². The molecule has 1 heterocycles. The first-order valence-corrected chi connectivity index (χ1v) is 5.79. The fourth-order valence-electron chi connectivity index (χ4n) is 1.47. The van der Waals surface area contributed by atoms with Crippen LogP contribution in [0, 0.1) is 12.3 Å². The lowest BCUT2D eigenvalue weighted by Gasteiger charge is -2.18. The van der Waals surface area contributed by atoms with Crippen molar-refractivity contribution in [3.8, 4) is 12.3 Å². The number of amides is 2. The molecule has 19 heavy (non-hydrogen) atoms. The van der Waals surface area contributed by atoms with Crippen molar-refractivity contribution in [2.24, 2.45) is 0 Å². The van der Waals surface area contributed by atoms with E-state index in [4.69, 9.17) is 11.5 Å². The molecule has 0 bridgehead atoms. The summed E-state index contributed by atoms with van der Waals surface area (Å²) >= 11 is 0. The number of carboxylic acids is 1. The van der Waals surface area contributed by atoms with Gasteiger partial charge in [-0.1, -0.05) is 5.92 Å². The van der Waals surface area contributed by atoms with Gasteiger partial charge in [0, 0.05) is 25.4 Å². The molecule has 0 fully saturated rings. The highest BCUT2D eigenvalue weighted by Gasteiger charge is 2.14. The topological polar surface area (TPSA) is 98.3 Å². The van der Waals surface area contributed by atoms with E-state index < -0.39 is 18.5 Å². The van der Waals surface area contributed by atoms with Gasteiger partial charge in [0.2, 0.25) is 0 Å². The molecule has 1 rings (SSSR count). The first-order valence-electron chi connectivity index (χ1n) is 5.79. The number of carbonyl (C=O) groups is 2. The first kappa shape index (κ1) is 14.6. The molecule has 0 aliphatic rings. The van der Waals surface area contributed by atoms with E-state index in [0.717, 1.165) is 10.7 Å². The van der Waals surface area contributed by atoms with Crippen molar-refractivity contribution in [2.75, 3.05) is 19.6 Å². The van der Waals surface area contributed by atoms with Gasteiger partial charge in [-0.05, 0) is 6.42 Å². The van der Waals surface area contributed by atoms with Crippen molar-refractivity contribution < 1.29 is 14.7 Å². The molecule has 1 aromatic rings. The molecule has 7 nitrogen and oxygen atoms in total. The Labute approximate surface area is 111 Å². The summed E-state index contributed by atoms with van der Waals surface area (Å²) in [7, 11) is 0. The van der Waals surface area contributed by atoms with Gasteiger partial charge in [-0.2, -0.15) is 0 Å². The lowest BCUT2D eigenvalue weighted by molar-refractivity contribution is -0.137. The van der Waals surface area contributed by atoms with Crippen LogP contribution in [0.5, 0.6) is 0 Å². The first-order chi connectivity index (χ1) is 9.13. The predicted molar refractivity (Wildman–Crippen MR) is 68.3 cm³/mol. The Morgan fingerprint density at radius 1 is 1.58 bits per heavy atom. The summed E-state index contributed by atoms with van der Waals surface area (Å²) in [5, 5.41) is 11.3. The molecular formula is C12H16N4O3. The van der Waals surface area contributed by atoms with Crippen molar-refractivity contribution in [3.05, 3.63) is 18.2 Å². The van der Waals surface area contributed by atoms with Crippen molar-refractivity contribution in [3.63, 3.8) is 0 Å². The standard InChI is InChI=1S/C12H16N4O3/c1-2-8-16(9-11(17)18)12(19)15-5-3-4-10-13-6-7-14-10/h1,6-7H,3-5,8-9H2,(H,13,14)(H,15,19)(H,17,18). The van der Waals surface area contributed by atoms with Crippen LogP contribution in [0.3, 0.4) is 0 Å². The normalized spacial score (nSPS) is 9.63. The number of aromatic nitrogens is 2. The Morgan fingerprint density at radius 2 is 2.37 bits per heavy atom. The second-order valence-electron chi connectivity index (χ2n) is 3.83. The lowest BCUT2D eigenvalue weighted by atomic mass is 10.3. The Morgan fingerprint density at radius 3 is 2.95 bits per heavy atom. The molecule has 0 saturated heterocycles. The van der Waals surface area contributed by atoms with Gasteiger partial charge in [-0.3, -0.25) is 4.79 Å². The summed E-state index contributed by atoms with van der Waals surface area (Å²) < 4.78 is 0. The molecule has 102 valence electrons. The maximum absolute atomic E-state index is 11.7. The summed E-state index contributed by atoms with van der Waals surface area (Å²) in [4.78, 5) is 30.3. The fraction of sp³-hybridized carbons (Fsp3) is 0.417. The number of terminal acetylenes is 1. The quantitative estimate of drug-likeness (QED) is 0.479. The smallest absolute Gasteiger partial charge is 0.323 e. The van der Waals surface area contributed by atoms with E-state index in [1.54, 1.807) is 12.4 Å². The predicted octanol–water partition coefficient (Wildman–Crippen LogP) is 0.0717. The van der Waals surface area contributed by atoms with Crippen LogP contribution in [0.2, 0.25) is 0 Å². The molecule has 0 saturated carbocycles. The van der Waals surface area contributed by atoms with Crippen LogP contribution in [0.4, 0.5) is 4.79 Å². The maximum atomic E-state index is 11.7. The van der Waals surface area contributed by atoms with E-state index in [-0.39, 0.29) is 6.54 Å². The average molecular weight is 264 g/mol. The summed E-state index contributed by atoms with van der Waals surface area (Å²) in [5.74, 6) is 2.00. The van der Waals surface area contributed by atoms with Gasteiger partial charge in [-0.15, -0.1) is 6.42 Å². The number of nitrogens with one attached hydrogen (secondary N) is 2. The van der Waals surface area contributed by atoms with E-state index >= 15 is 0 Å². The van der Waals surface area contributed by atoms with Crippen LogP contribution in [-0.2, 0) is 11.2 Å². The number of aromatic amines is 1. The van der Waals surface area contributed by atoms with E-state index in [1.807, 2.05) is 0 Å². The van der Waals surface area contributed by atoms with Crippen LogP contribution in [0.25, 0.3) is 0 Å². The minimum atomic E-state index is -1.10. The van der Waals surface area contributed by atoms with Gasteiger partial charge < -0.3 is 20.3 Å². The molecule has 0 aromatic carbocycles. The van der Waals surface area contributed by atoms with Crippen molar-refractivity contribution in [2.45, 2.75) is 12.8 Å². The Balaban J connectivity index is 2.27. The Bertz CT molecular complexity index is 450. The second-order valence-corrected chi connectivity index (χ2v) is 3.83. The third-order valence-electron chi connectivity index (χ3n) is 2.32. The number of carbonyl (C=O) groups excluding carboxylic acids is 1. The number of urea groups is 1. The SMILES string of the molecule is C#CCN(CC(=O)O)C(=O)NCCCc1ncc[nH]1. The third kappa shape index (κ3) is 5.59. The Kier molecular flexibility index (Phi) is 5.95. The molecule has 0 spiro atoms. The molecule has 3 N–H and O–H groups in total. The molecular weight excluding hydrogens is 248 g/mol. The van der Waals surface area contributed by atoms with Gasteiger partial charge in [0.25, 0.3) is 0 Å². The van der Waals surface area contributed by atoms with E-state index in [1.165, 1.54) is 0 Å². The zero-order valence-corrected chi connectivity index (χ0v) is 10.4. The number of H-pyrrole nitrogens is 1. The molecule has 2 amide bonds. The summed E-state index contributed by atoms with van der Waals surface area (Å²) in [6.45, 7) is -0.00917. The van der Waals surface area contributed by atoms with Gasteiger partial charge in [-0.25, -0.2) is 9.78 Å². The zero-order valence-electron chi connectivity index (χ0n) is 10.4. The number of aryl methyl sites for hydroxylation is 1. The van der Waals surface area contributed by atoms with E-state index in [9.17, 15) is 9.59 Å². The van der Waals surface area contributed by atoms with Crippen LogP contribution in [0.1, 0.15) is 12.2 Å². The largest absolute Gasteiger partial charge is 0.480 e. The molecule has 0 aliphatic carbocycles. The monoisotopic (exact) mass is 264 g/mol. The number of carboxylic acid groups (broad SMARTS) is 1. The number of hydrogen-bond donors (Lipinski definition) is 3. The average Bonchev–Trinajstić information content (AvgIpc) is 2.86. The molecule has 0 radical (unpaired) electrons. The minimum Gasteiger partial charge on any atom is -0.480 e. The van der Waals surface area contributed by atoms with Crippen LogP contribution < -0.4 is 5.32 Å². The summed E-state index contributed by atoms with van der Waals surface area (Å²) in [5.41, 5.74) is 0. The highest BCUT2D eigenvalue weighted by molar-refractivity contribution is 5.80. The minimum absolute atomic E-state index is 0.0314. The second kappa shape index (κ2) is 7.76. The number of nitrogens with zero attached hydrogens (tertiary/aromatic N) is 2. The van der Waals surface area contributed by atoms with Crippen LogP contribution >= 0.6 is 0 Å². The number of rotatable bonds is 7. The number of imidazole rings is 1. The maximum Gasteiger partial charge on any atom is 0.323 e. The van der Waals surface area contributed by atoms with Crippen molar-refractivity contribution in [1.29, 1.82) is 0 Å². The third-order valence-corrected chi connectivity index (χ3v) is 2.32. The molecule has 1 aromatic heterocycles. The van der Waals surface area contributed by atoms with Crippen molar-refractivity contribution >= 4 is 12.0 Å².